The molecule has 0 aliphatic carbocycles. The van der Waals surface area contributed by atoms with E-state index in [0.29, 0.717) is 0 Å². The quantitative estimate of drug-likeness (QED) is 0.438. The van der Waals surface area contributed by atoms with E-state index < -0.39 is 0 Å². The molecular weight excluding hydrogens is 110 g/mol. The van der Waals surface area contributed by atoms with Crippen LogP contribution in [0.2, 0.25) is 0 Å². The summed E-state index contributed by atoms with van der Waals surface area (Å²) in [6.07, 6.45) is 3.92. The van der Waals surface area contributed by atoms with E-state index in [0.717, 1.165) is 25.1 Å². The van der Waals surface area contributed by atoms with Crippen LogP contribution in [0.5, 0.6) is 0 Å². The second-order valence-corrected chi connectivity index (χ2v) is 1.96. The molecule has 1 heteroatoms. The third-order valence-electron chi connectivity index (χ3n) is 1.15. The lowest BCUT2D eigenvalue weighted by molar-refractivity contribution is 0.773. The summed E-state index contributed by atoms with van der Waals surface area (Å²) in [5.74, 6) is 0. The maximum Gasteiger partial charge on any atom is 0.0178 e. The molecule has 0 fully saturated rings. The Labute approximate surface area is 57.5 Å². The molecule has 1 nitrogen and oxygen atoms in total. The van der Waals surface area contributed by atoms with Crippen molar-refractivity contribution in [2.45, 2.75) is 19.8 Å². The van der Waals surface area contributed by atoms with Crippen LogP contribution in [0.1, 0.15) is 19.8 Å². The van der Waals surface area contributed by atoms with Gasteiger partial charge in [0.1, 0.15) is 0 Å². The van der Waals surface area contributed by atoms with Crippen molar-refractivity contribution in [3.05, 3.63) is 24.9 Å². The largest absolute Gasteiger partial charge is 0.389 e. The lowest BCUT2D eigenvalue weighted by Gasteiger charge is -2.03. The van der Waals surface area contributed by atoms with E-state index in [2.05, 4.69) is 25.4 Å². The molecule has 0 rings (SSSR count). The summed E-state index contributed by atoms with van der Waals surface area (Å²) in [5.41, 5.74) is 1.11. The molecule has 0 aromatic carbocycles. The molecular formula is C8H15N. The molecule has 0 heterocycles. The van der Waals surface area contributed by atoms with Crippen LogP contribution in [-0.2, 0) is 0 Å². The van der Waals surface area contributed by atoms with Crippen LogP contribution in [0.25, 0.3) is 0 Å². The van der Waals surface area contributed by atoms with Crippen molar-refractivity contribution in [3.63, 3.8) is 0 Å². The molecule has 0 saturated carbocycles. The SMILES string of the molecule is C=CCCNC(=C)CC. The van der Waals surface area contributed by atoms with E-state index in [-0.39, 0.29) is 0 Å². The molecule has 0 spiro atoms. The molecule has 0 atom stereocenters. The van der Waals surface area contributed by atoms with Crippen LogP contribution >= 0.6 is 0 Å². The molecule has 0 aliphatic heterocycles. The van der Waals surface area contributed by atoms with Gasteiger partial charge in [0.15, 0.2) is 0 Å². The van der Waals surface area contributed by atoms with Crippen molar-refractivity contribution in [1.29, 1.82) is 0 Å². The first-order valence-electron chi connectivity index (χ1n) is 3.33. The smallest absolute Gasteiger partial charge is 0.0178 e. The molecule has 1 N–H and O–H groups in total. The van der Waals surface area contributed by atoms with Gasteiger partial charge in [-0.15, -0.1) is 6.58 Å². The maximum atomic E-state index is 3.80. The Morgan fingerprint density at radius 3 is 2.78 bits per heavy atom. The van der Waals surface area contributed by atoms with Gasteiger partial charge >= 0.3 is 0 Å². The van der Waals surface area contributed by atoms with Crippen molar-refractivity contribution in [2.75, 3.05) is 6.54 Å². The predicted molar refractivity (Wildman–Crippen MR) is 42.2 cm³/mol. The van der Waals surface area contributed by atoms with Crippen LogP contribution in [0.4, 0.5) is 0 Å². The van der Waals surface area contributed by atoms with Crippen molar-refractivity contribution in [2.24, 2.45) is 0 Å². The van der Waals surface area contributed by atoms with Crippen LogP contribution in [0, 0.1) is 0 Å². The summed E-state index contributed by atoms with van der Waals surface area (Å²) < 4.78 is 0. The molecule has 0 unspecified atom stereocenters. The molecule has 0 amide bonds. The number of hydrogen-bond acceptors (Lipinski definition) is 1. The van der Waals surface area contributed by atoms with Crippen LogP contribution < -0.4 is 5.32 Å². The Kier molecular flexibility index (Phi) is 4.98. The Balaban J connectivity index is 3.06. The van der Waals surface area contributed by atoms with Gasteiger partial charge in [-0.25, -0.2) is 0 Å². The van der Waals surface area contributed by atoms with Gasteiger partial charge < -0.3 is 5.32 Å². The van der Waals surface area contributed by atoms with E-state index in [9.17, 15) is 0 Å². The molecule has 9 heavy (non-hydrogen) atoms. The zero-order valence-corrected chi connectivity index (χ0v) is 6.11. The lowest BCUT2D eigenvalue weighted by atomic mass is 10.3. The van der Waals surface area contributed by atoms with E-state index >= 15 is 0 Å². The Hall–Kier alpha value is -0.720. The molecule has 0 aromatic heterocycles. The third-order valence-corrected chi connectivity index (χ3v) is 1.15. The highest BCUT2D eigenvalue weighted by Gasteiger charge is 1.84. The van der Waals surface area contributed by atoms with Gasteiger partial charge in [-0.1, -0.05) is 19.6 Å². The Morgan fingerprint density at radius 1 is 1.67 bits per heavy atom. The number of rotatable bonds is 5. The highest BCUT2D eigenvalue weighted by atomic mass is 14.9. The Bertz CT molecular complexity index is 94.7. The van der Waals surface area contributed by atoms with Crippen LogP contribution in [0.15, 0.2) is 24.9 Å². The average molecular weight is 125 g/mol. The standard InChI is InChI=1S/C8H15N/c1-4-6-7-9-8(3)5-2/h4,9H,1,3,5-7H2,2H3. The molecule has 0 aliphatic rings. The lowest BCUT2D eigenvalue weighted by Crippen LogP contribution is -2.12. The van der Waals surface area contributed by atoms with Crippen molar-refractivity contribution in [3.8, 4) is 0 Å². The fraction of sp³-hybridized carbons (Fsp3) is 0.500. The second kappa shape index (κ2) is 5.42. The molecule has 0 aromatic rings. The number of allylic oxidation sites excluding steroid dienone is 1. The maximum absolute atomic E-state index is 3.80. The van der Waals surface area contributed by atoms with Crippen LogP contribution in [-0.4, -0.2) is 6.54 Å². The first-order valence-corrected chi connectivity index (χ1v) is 3.33. The number of nitrogens with one attached hydrogen (secondary N) is 1. The minimum absolute atomic E-state index is 0.968. The Morgan fingerprint density at radius 2 is 2.33 bits per heavy atom. The minimum Gasteiger partial charge on any atom is -0.389 e. The van der Waals surface area contributed by atoms with Crippen molar-refractivity contribution in [1.82, 2.24) is 5.32 Å². The summed E-state index contributed by atoms with van der Waals surface area (Å²) >= 11 is 0. The molecule has 0 bridgehead atoms. The highest BCUT2D eigenvalue weighted by Crippen LogP contribution is 1.89. The fourth-order valence-electron chi connectivity index (χ4n) is 0.476. The van der Waals surface area contributed by atoms with E-state index in [1.165, 1.54) is 0 Å². The van der Waals surface area contributed by atoms with Gasteiger partial charge in [-0.05, 0) is 12.8 Å². The zero-order valence-electron chi connectivity index (χ0n) is 6.11. The summed E-state index contributed by atoms with van der Waals surface area (Å²) in [6, 6.07) is 0. The normalized spacial score (nSPS) is 8.56. The van der Waals surface area contributed by atoms with Gasteiger partial charge in [-0.2, -0.15) is 0 Å². The predicted octanol–water partition coefficient (Wildman–Crippen LogP) is 2.08. The molecule has 0 saturated heterocycles. The van der Waals surface area contributed by atoms with Crippen molar-refractivity contribution < 1.29 is 0 Å². The second-order valence-electron chi connectivity index (χ2n) is 1.96. The summed E-state index contributed by atoms with van der Waals surface area (Å²) in [6.45, 7) is 10.5. The van der Waals surface area contributed by atoms with E-state index in [1.54, 1.807) is 0 Å². The average Bonchev–Trinajstić information content (AvgIpc) is 1.89. The zero-order chi connectivity index (χ0) is 7.11. The first kappa shape index (κ1) is 8.28. The third kappa shape index (κ3) is 5.15. The van der Waals surface area contributed by atoms with Gasteiger partial charge in [-0.3, -0.25) is 0 Å². The first-order chi connectivity index (χ1) is 4.31. The molecule has 52 valence electrons. The van der Waals surface area contributed by atoms with Crippen LogP contribution in [0.3, 0.4) is 0 Å². The van der Waals surface area contributed by atoms with E-state index in [4.69, 9.17) is 0 Å². The summed E-state index contributed by atoms with van der Waals surface area (Å²) in [4.78, 5) is 0. The molecule has 0 radical (unpaired) electrons. The summed E-state index contributed by atoms with van der Waals surface area (Å²) in [7, 11) is 0. The van der Waals surface area contributed by atoms with E-state index in [1.807, 2.05) is 6.08 Å². The van der Waals surface area contributed by atoms with Gasteiger partial charge in [0, 0.05) is 12.2 Å². The van der Waals surface area contributed by atoms with Gasteiger partial charge in [0.05, 0.1) is 0 Å². The van der Waals surface area contributed by atoms with Gasteiger partial charge in [0.2, 0.25) is 0 Å². The monoisotopic (exact) mass is 125 g/mol. The van der Waals surface area contributed by atoms with Gasteiger partial charge in [0.25, 0.3) is 0 Å². The summed E-state index contributed by atoms with van der Waals surface area (Å²) in [5, 5.41) is 3.17. The van der Waals surface area contributed by atoms with Crippen molar-refractivity contribution >= 4 is 0 Å². The topological polar surface area (TPSA) is 12.0 Å². The minimum atomic E-state index is 0.968. The number of hydrogen-bond donors (Lipinski definition) is 1. The fourth-order valence-corrected chi connectivity index (χ4v) is 0.476. The highest BCUT2D eigenvalue weighted by molar-refractivity contribution is 4.89.